The molecule has 0 radical (unpaired) electrons. The van der Waals surface area contributed by atoms with Gasteiger partial charge >= 0.3 is 5.97 Å². The van der Waals surface area contributed by atoms with Gasteiger partial charge in [-0.1, -0.05) is 131 Å². The quantitative estimate of drug-likeness (QED) is 0.180. The minimum atomic E-state index is -0.783. The van der Waals surface area contributed by atoms with E-state index >= 15 is 0 Å². The predicted octanol–water partition coefficient (Wildman–Crippen LogP) is 7.35. The number of unbranched alkanes of at least 4 members (excludes halogenated alkanes) is 7. The molecular weight excluding hydrogens is 423 g/mol. The Morgan fingerprint density at radius 2 is 1.52 bits per heavy atom. The van der Waals surface area contributed by atoms with Crippen molar-refractivity contribution in [1.82, 2.24) is 0 Å². The van der Waals surface area contributed by atoms with Crippen molar-refractivity contribution in [2.75, 3.05) is 0 Å². The van der Waals surface area contributed by atoms with E-state index in [1.807, 2.05) is 30.3 Å². The van der Waals surface area contributed by atoms with Gasteiger partial charge in [0.15, 0.2) is 0 Å². The van der Waals surface area contributed by atoms with Crippen LogP contribution in [0.15, 0.2) is 30.3 Å². The topological polar surface area (TPSA) is 37.3 Å². The van der Waals surface area contributed by atoms with E-state index < -0.39 is 9.39 Å². The molecule has 1 N–H and O–H groups in total. The molecular formula is C22H35IO2. The summed E-state index contributed by atoms with van der Waals surface area (Å²) in [6, 6.07) is 9.64. The van der Waals surface area contributed by atoms with Gasteiger partial charge in [0.1, 0.15) is 3.42 Å². The van der Waals surface area contributed by atoms with E-state index in [-0.39, 0.29) is 0 Å². The Balaban J connectivity index is 2.14. The molecule has 0 aromatic heterocycles. The second kappa shape index (κ2) is 12.7. The van der Waals surface area contributed by atoms with Gasteiger partial charge in [-0.15, -0.1) is 0 Å². The van der Waals surface area contributed by atoms with Crippen molar-refractivity contribution in [1.29, 1.82) is 0 Å². The molecule has 2 atom stereocenters. The molecule has 3 heteroatoms. The molecule has 0 amide bonds. The Hall–Kier alpha value is -0.580. The number of halogens is 1. The lowest BCUT2D eigenvalue weighted by Crippen LogP contribution is -2.28. The highest BCUT2D eigenvalue weighted by Gasteiger charge is 2.36. The van der Waals surface area contributed by atoms with Crippen molar-refractivity contribution in [3.8, 4) is 0 Å². The smallest absolute Gasteiger partial charge is 0.324 e. The predicted molar refractivity (Wildman–Crippen MR) is 115 cm³/mol. The van der Waals surface area contributed by atoms with Crippen molar-refractivity contribution in [3.63, 3.8) is 0 Å². The summed E-state index contributed by atoms with van der Waals surface area (Å²) in [5.74, 6) is 0.160. The highest BCUT2D eigenvalue weighted by Crippen LogP contribution is 2.37. The highest BCUT2D eigenvalue weighted by molar-refractivity contribution is 14.1. The maximum absolute atomic E-state index is 11.8. The fourth-order valence-corrected chi connectivity index (χ4v) is 3.94. The van der Waals surface area contributed by atoms with Crippen LogP contribution in [0.5, 0.6) is 0 Å². The van der Waals surface area contributed by atoms with Crippen LogP contribution in [0.2, 0.25) is 0 Å². The van der Waals surface area contributed by atoms with Gasteiger partial charge in [-0.3, -0.25) is 4.79 Å². The van der Waals surface area contributed by atoms with Gasteiger partial charge in [0, 0.05) is 0 Å². The van der Waals surface area contributed by atoms with Crippen molar-refractivity contribution in [2.24, 2.45) is 5.92 Å². The molecule has 0 aliphatic heterocycles. The average Bonchev–Trinajstić information content (AvgIpc) is 2.63. The number of benzene rings is 1. The third kappa shape index (κ3) is 8.57. The van der Waals surface area contributed by atoms with Crippen LogP contribution < -0.4 is 0 Å². The summed E-state index contributed by atoms with van der Waals surface area (Å²) < 4.78 is -0.783. The first-order chi connectivity index (χ1) is 12.0. The van der Waals surface area contributed by atoms with Gasteiger partial charge in [-0.25, -0.2) is 0 Å². The van der Waals surface area contributed by atoms with Gasteiger partial charge < -0.3 is 5.11 Å². The van der Waals surface area contributed by atoms with Crippen LogP contribution in [-0.2, 0) is 8.22 Å². The minimum Gasteiger partial charge on any atom is -0.480 e. The molecule has 0 bridgehead atoms. The number of carbonyl (C=O) groups is 1. The minimum absolute atomic E-state index is 0.710. The monoisotopic (exact) mass is 458 g/mol. The largest absolute Gasteiger partial charge is 0.480 e. The first kappa shape index (κ1) is 22.5. The molecule has 0 saturated heterocycles. The number of hydrogen-bond acceptors (Lipinski definition) is 1. The van der Waals surface area contributed by atoms with E-state index in [1.54, 1.807) is 0 Å². The molecule has 1 aromatic rings. The summed E-state index contributed by atoms with van der Waals surface area (Å²) >= 11 is 2.12. The lowest BCUT2D eigenvalue weighted by Gasteiger charge is -2.23. The third-order valence-corrected chi connectivity index (χ3v) is 6.86. The number of hydrogen-bond donors (Lipinski definition) is 1. The maximum atomic E-state index is 11.8. The molecule has 25 heavy (non-hydrogen) atoms. The lowest BCUT2D eigenvalue weighted by molar-refractivity contribution is -0.139. The Labute approximate surface area is 167 Å². The summed E-state index contributed by atoms with van der Waals surface area (Å²) in [7, 11) is 0. The first-order valence-electron chi connectivity index (χ1n) is 9.98. The van der Waals surface area contributed by atoms with Crippen LogP contribution in [0.1, 0.15) is 90.0 Å². The molecule has 0 aliphatic carbocycles. The van der Waals surface area contributed by atoms with Crippen LogP contribution in [0.3, 0.4) is 0 Å². The molecule has 0 fully saturated rings. The Morgan fingerprint density at radius 3 is 2.04 bits per heavy atom. The van der Waals surface area contributed by atoms with Gasteiger partial charge in [-0.2, -0.15) is 0 Å². The molecule has 0 saturated carbocycles. The zero-order chi connectivity index (χ0) is 18.5. The van der Waals surface area contributed by atoms with Crippen LogP contribution in [0, 0.1) is 5.92 Å². The van der Waals surface area contributed by atoms with E-state index in [1.165, 1.54) is 51.4 Å². The van der Waals surface area contributed by atoms with E-state index in [0.717, 1.165) is 24.3 Å². The van der Waals surface area contributed by atoms with Crippen LogP contribution >= 0.6 is 22.6 Å². The van der Waals surface area contributed by atoms with Crippen LogP contribution in [0.25, 0.3) is 0 Å². The second-order valence-electron chi connectivity index (χ2n) is 7.35. The number of alkyl halides is 1. The van der Waals surface area contributed by atoms with E-state index in [9.17, 15) is 9.90 Å². The normalized spacial score (nSPS) is 14.8. The Morgan fingerprint density at radius 1 is 1.00 bits per heavy atom. The zero-order valence-electron chi connectivity index (χ0n) is 16.0. The molecule has 1 rings (SSSR count). The summed E-state index contributed by atoms with van der Waals surface area (Å²) in [6.07, 6.45) is 13.5. The molecule has 0 spiro atoms. The fraction of sp³-hybridized carbons (Fsp3) is 0.682. The Bertz CT molecular complexity index is 474. The first-order valence-corrected chi connectivity index (χ1v) is 11.1. The molecule has 0 heterocycles. The number of rotatable bonds is 14. The summed E-state index contributed by atoms with van der Waals surface area (Å²) in [4.78, 5) is 11.8. The maximum Gasteiger partial charge on any atom is 0.324 e. The molecule has 2 unspecified atom stereocenters. The van der Waals surface area contributed by atoms with Crippen molar-refractivity contribution >= 4 is 28.6 Å². The highest BCUT2D eigenvalue weighted by atomic mass is 127. The van der Waals surface area contributed by atoms with Crippen molar-refractivity contribution < 1.29 is 9.90 Å². The average molecular weight is 458 g/mol. The zero-order valence-corrected chi connectivity index (χ0v) is 18.1. The fourth-order valence-electron chi connectivity index (χ4n) is 3.20. The van der Waals surface area contributed by atoms with Crippen LogP contribution in [-0.4, -0.2) is 11.1 Å². The van der Waals surface area contributed by atoms with Gasteiger partial charge in [-0.05, 0) is 17.9 Å². The van der Waals surface area contributed by atoms with Gasteiger partial charge in [0.25, 0.3) is 0 Å². The lowest BCUT2D eigenvalue weighted by atomic mass is 9.92. The summed E-state index contributed by atoms with van der Waals surface area (Å²) in [6.45, 7) is 4.62. The van der Waals surface area contributed by atoms with Crippen molar-refractivity contribution in [2.45, 2.75) is 87.9 Å². The van der Waals surface area contributed by atoms with Gasteiger partial charge in [0.2, 0.25) is 0 Å². The van der Waals surface area contributed by atoms with Crippen LogP contribution in [0.4, 0.5) is 0 Å². The van der Waals surface area contributed by atoms with Crippen molar-refractivity contribution in [3.05, 3.63) is 35.9 Å². The second-order valence-corrected chi connectivity index (χ2v) is 9.19. The summed E-state index contributed by atoms with van der Waals surface area (Å²) in [5, 5.41) is 9.66. The standard InChI is InChI=1S/C22H35IO2/c1-3-19(2)15-11-8-6-4-5-7-9-14-18-22(23,21(24)25)20-16-12-10-13-17-20/h10,12-13,16-17,19H,3-9,11,14-15,18H2,1-2H3,(H,24,25). The molecule has 2 nitrogen and oxygen atoms in total. The molecule has 1 aromatic carbocycles. The number of carboxylic acid groups (broad SMARTS) is 1. The number of aliphatic carboxylic acids is 1. The third-order valence-electron chi connectivity index (χ3n) is 5.24. The van der Waals surface area contributed by atoms with Gasteiger partial charge in [0.05, 0.1) is 0 Å². The van der Waals surface area contributed by atoms with E-state index in [2.05, 4.69) is 36.4 Å². The molecule has 0 aliphatic rings. The van der Waals surface area contributed by atoms with E-state index in [0.29, 0.717) is 6.42 Å². The SMILES string of the molecule is CCC(C)CCCCCCCCCCC(I)(C(=O)O)c1ccccc1. The molecule has 142 valence electrons. The number of carboxylic acids is 1. The summed E-state index contributed by atoms with van der Waals surface area (Å²) in [5.41, 5.74) is 0.907. The Kier molecular flexibility index (Phi) is 11.4. The van der Waals surface area contributed by atoms with E-state index in [4.69, 9.17) is 0 Å².